The Hall–Kier alpha value is -3.28. The Kier molecular flexibility index (Phi) is 7.43. The highest BCUT2D eigenvalue weighted by molar-refractivity contribution is 5.97. The first-order valence-electron chi connectivity index (χ1n) is 8.75. The van der Waals surface area contributed by atoms with Crippen LogP contribution < -0.4 is 20.3 Å². The predicted molar refractivity (Wildman–Crippen MR) is 105 cm³/mol. The molecular weight excluding hydrogens is 344 g/mol. The normalized spacial score (nSPS) is 10.5. The van der Waals surface area contributed by atoms with E-state index in [-0.39, 0.29) is 5.91 Å². The summed E-state index contributed by atoms with van der Waals surface area (Å²) < 4.78 is 10.7. The molecular formula is C21H24N2O4. The van der Waals surface area contributed by atoms with E-state index in [0.29, 0.717) is 23.7 Å². The smallest absolute Gasteiger partial charge is 0.269 e. The Labute approximate surface area is 159 Å². The highest BCUT2D eigenvalue weighted by atomic mass is 16.5. The molecule has 0 aliphatic heterocycles. The fourth-order valence-corrected chi connectivity index (χ4v) is 2.36. The first-order chi connectivity index (χ1) is 13.1. The Balaban J connectivity index is 1.92. The number of hydrogen-bond acceptors (Lipinski definition) is 4. The fourth-order valence-electron chi connectivity index (χ4n) is 2.36. The summed E-state index contributed by atoms with van der Waals surface area (Å²) in [6.07, 6.45) is 3.86. The molecule has 0 aliphatic carbocycles. The summed E-state index contributed by atoms with van der Waals surface area (Å²) in [5.74, 6) is 0.413. The van der Waals surface area contributed by atoms with Gasteiger partial charge in [0.15, 0.2) is 11.5 Å². The van der Waals surface area contributed by atoms with Crippen LogP contribution in [0.15, 0.2) is 48.5 Å². The van der Waals surface area contributed by atoms with Crippen LogP contribution in [0.25, 0.3) is 6.08 Å². The lowest BCUT2D eigenvalue weighted by Crippen LogP contribution is -2.40. The van der Waals surface area contributed by atoms with Crippen molar-refractivity contribution in [2.75, 3.05) is 13.7 Å². The van der Waals surface area contributed by atoms with Crippen LogP contribution in [0, 0.1) is 0 Å². The zero-order chi connectivity index (χ0) is 19.6. The molecule has 0 unspecified atom stereocenters. The van der Waals surface area contributed by atoms with Crippen molar-refractivity contribution in [1.29, 1.82) is 0 Å². The molecule has 6 nitrogen and oxygen atoms in total. The number of methoxy groups -OCH3 is 1. The number of aryl methyl sites for hydroxylation is 1. The molecule has 0 atom stereocenters. The molecule has 142 valence electrons. The molecule has 2 N–H and O–H groups in total. The molecule has 0 aromatic heterocycles. The zero-order valence-corrected chi connectivity index (χ0v) is 15.7. The summed E-state index contributed by atoms with van der Waals surface area (Å²) in [6, 6.07) is 12.6. The van der Waals surface area contributed by atoms with E-state index in [1.165, 1.54) is 6.08 Å². The maximum Gasteiger partial charge on any atom is 0.269 e. The molecule has 2 amide bonds. The maximum atomic E-state index is 12.0. The Morgan fingerprint density at radius 2 is 1.74 bits per heavy atom. The Bertz CT molecular complexity index is 813. The minimum absolute atomic E-state index is 0.373. The number of ether oxygens (including phenoxy) is 2. The van der Waals surface area contributed by atoms with Gasteiger partial charge < -0.3 is 9.47 Å². The van der Waals surface area contributed by atoms with Crippen LogP contribution in [0.2, 0.25) is 0 Å². The van der Waals surface area contributed by atoms with Gasteiger partial charge in [0.25, 0.3) is 11.8 Å². The monoisotopic (exact) mass is 368 g/mol. The number of hydrogen-bond donors (Lipinski definition) is 2. The molecule has 2 rings (SSSR count). The highest BCUT2D eigenvalue weighted by Crippen LogP contribution is 2.28. The summed E-state index contributed by atoms with van der Waals surface area (Å²) in [6.45, 7) is 4.44. The minimum Gasteiger partial charge on any atom is -0.493 e. The second kappa shape index (κ2) is 10.0. The van der Waals surface area contributed by atoms with Gasteiger partial charge in [0.05, 0.1) is 13.7 Å². The van der Waals surface area contributed by atoms with Gasteiger partial charge in [-0.25, -0.2) is 0 Å². The van der Waals surface area contributed by atoms with Crippen molar-refractivity contribution in [3.05, 3.63) is 65.2 Å². The highest BCUT2D eigenvalue weighted by Gasteiger charge is 2.07. The number of carbonyl (C=O) groups excluding carboxylic acids is 2. The molecule has 0 heterocycles. The summed E-state index contributed by atoms with van der Waals surface area (Å²) in [4.78, 5) is 23.9. The van der Waals surface area contributed by atoms with E-state index in [2.05, 4.69) is 10.9 Å². The van der Waals surface area contributed by atoms with Crippen molar-refractivity contribution in [1.82, 2.24) is 10.9 Å². The van der Waals surface area contributed by atoms with Crippen molar-refractivity contribution >= 4 is 17.9 Å². The van der Waals surface area contributed by atoms with Crippen molar-refractivity contribution in [3.63, 3.8) is 0 Å². The lowest BCUT2D eigenvalue weighted by Gasteiger charge is -2.09. The van der Waals surface area contributed by atoms with E-state index in [1.54, 1.807) is 43.5 Å². The molecule has 2 aromatic rings. The van der Waals surface area contributed by atoms with Crippen LogP contribution in [0.4, 0.5) is 0 Å². The fraction of sp³-hybridized carbons (Fsp3) is 0.238. The van der Waals surface area contributed by atoms with Crippen molar-refractivity contribution in [3.8, 4) is 11.5 Å². The first kappa shape index (κ1) is 20.0. The summed E-state index contributed by atoms with van der Waals surface area (Å²) in [5.41, 5.74) is 7.15. The third-order valence-electron chi connectivity index (χ3n) is 3.84. The number of hydrazine groups is 1. The molecule has 0 spiro atoms. The number of carbonyl (C=O) groups is 2. The van der Waals surface area contributed by atoms with Crippen LogP contribution >= 0.6 is 0 Å². The van der Waals surface area contributed by atoms with Crippen LogP contribution in [0.5, 0.6) is 11.5 Å². The summed E-state index contributed by atoms with van der Waals surface area (Å²) >= 11 is 0. The molecule has 0 saturated heterocycles. The Morgan fingerprint density at radius 3 is 2.37 bits per heavy atom. The third-order valence-corrected chi connectivity index (χ3v) is 3.84. The Morgan fingerprint density at radius 1 is 1.00 bits per heavy atom. The van der Waals surface area contributed by atoms with Crippen molar-refractivity contribution in [2.45, 2.75) is 20.3 Å². The van der Waals surface area contributed by atoms with E-state index in [0.717, 1.165) is 17.5 Å². The average molecular weight is 368 g/mol. The van der Waals surface area contributed by atoms with Crippen molar-refractivity contribution < 1.29 is 19.1 Å². The van der Waals surface area contributed by atoms with Gasteiger partial charge in [0, 0.05) is 11.6 Å². The molecule has 0 radical (unpaired) electrons. The molecule has 2 aromatic carbocycles. The first-order valence-corrected chi connectivity index (χ1v) is 8.75. The number of amides is 2. The van der Waals surface area contributed by atoms with Crippen molar-refractivity contribution in [2.24, 2.45) is 0 Å². The quantitative estimate of drug-likeness (QED) is 0.581. The lowest BCUT2D eigenvalue weighted by atomic mass is 10.1. The van der Waals surface area contributed by atoms with Crippen LogP contribution in [-0.4, -0.2) is 25.5 Å². The lowest BCUT2D eigenvalue weighted by molar-refractivity contribution is -0.117. The third kappa shape index (κ3) is 5.88. The van der Waals surface area contributed by atoms with E-state index in [1.807, 2.05) is 26.0 Å². The van der Waals surface area contributed by atoms with Crippen LogP contribution in [-0.2, 0) is 11.2 Å². The van der Waals surface area contributed by atoms with E-state index in [9.17, 15) is 9.59 Å². The molecule has 0 saturated carbocycles. The second-order valence-electron chi connectivity index (χ2n) is 5.67. The predicted octanol–water partition coefficient (Wildman–Crippen LogP) is 3.13. The van der Waals surface area contributed by atoms with E-state index < -0.39 is 5.91 Å². The number of benzene rings is 2. The van der Waals surface area contributed by atoms with E-state index >= 15 is 0 Å². The molecule has 0 fully saturated rings. The zero-order valence-electron chi connectivity index (χ0n) is 15.7. The van der Waals surface area contributed by atoms with Gasteiger partial charge in [-0.1, -0.05) is 25.1 Å². The van der Waals surface area contributed by atoms with Crippen LogP contribution in [0.3, 0.4) is 0 Å². The van der Waals surface area contributed by atoms with Crippen LogP contribution in [0.1, 0.15) is 35.3 Å². The standard InChI is InChI=1S/C21H24N2O4/c1-4-15-6-10-17(11-7-15)21(25)23-22-20(24)13-9-16-8-12-18(26-3)19(14-16)27-5-2/h6-14H,4-5H2,1-3H3,(H,22,24)(H,23,25)/b13-9+. The SMILES string of the molecule is CCOc1cc(/C=C/C(=O)NNC(=O)c2ccc(CC)cc2)ccc1OC. The molecule has 0 bridgehead atoms. The average Bonchev–Trinajstić information content (AvgIpc) is 2.71. The number of nitrogens with one attached hydrogen (secondary N) is 2. The van der Waals surface area contributed by atoms with E-state index in [4.69, 9.17) is 9.47 Å². The summed E-state index contributed by atoms with van der Waals surface area (Å²) in [7, 11) is 1.57. The molecule has 0 aliphatic rings. The minimum atomic E-state index is -0.442. The number of rotatable bonds is 7. The van der Waals surface area contributed by atoms with Gasteiger partial charge in [-0.2, -0.15) is 0 Å². The maximum absolute atomic E-state index is 12.0. The molecule has 6 heteroatoms. The van der Waals surface area contributed by atoms with Gasteiger partial charge in [-0.3, -0.25) is 20.4 Å². The molecule has 27 heavy (non-hydrogen) atoms. The van der Waals surface area contributed by atoms with Gasteiger partial charge in [-0.05, 0) is 54.8 Å². The second-order valence-corrected chi connectivity index (χ2v) is 5.67. The van der Waals surface area contributed by atoms with Gasteiger partial charge in [-0.15, -0.1) is 0 Å². The van der Waals surface area contributed by atoms with Gasteiger partial charge in [0.1, 0.15) is 0 Å². The summed E-state index contributed by atoms with van der Waals surface area (Å²) in [5, 5.41) is 0. The van der Waals surface area contributed by atoms with Gasteiger partial charge in [0.2, 0.25) is 0 Å². The largest absolute Gasteiger partial charge is 0.493 e. The van der Waals surface area contributed by atoms with Gasteiger partial charge >= 0.3 is 0 Å². The topological polar surface area (TPSA) is 76.7 Å².